The summed E-state index contributed by atoms with van der Waals surface area (Å²) in [5.41, 5.74) is 1.02. The van der Waals surface area contributed by atoms with Crippen LogP contribution in [0.5, 0.6) is 0 Å². The van der Waals surface area contributed by atoms with Gasteiger partial charge in [0.15, 0.2) is 0 Å². The summed E-state index contributed by atoms with van der Waals surface area (Å²) in [6, 6.07) is 12.9. The van der Waals surface area contributed by atoms with Crippen LogP contribution in [0.2, 0.25) is 0 Å². The van der Waals surface area contributed by atoms with Gasteiger partial charge in [0.1, 0.15) is 17.5 Å². The van der Waals surface area contributed by atoms with Crippen LogP contribution in [0, 0.1) is 6.92 Å². The van der Waals surface area contributed by atoms with Gasteiger partial charge >= 0.3 is 0 Å². The molecule has 0 saturated carbocycles. The largest absolute Gasteiger partial charge is 0.393 e. The van der Waals surface area contributed by atoms with E-state index >= 15 is 0 Å². The minimum Gasteiger partial charge on any atom is -0.393 e. The Balaban J connectivity index is 1.62. The van der Waals surface area contributed by atoms with Crippen molar-refractivity contribution < 1.29 is 5.11 Å². The van der Waals surface area contributed by atoms with E-state index in [2.05, 4.69) is 20.2 Å². The molecule has 0 spiro atoms. The second kappa shape index (κ2) is 5.81. The molecule has 23 heavy (non-hydrogen) atoms. The normalized spacial score (nSPS) is 26.3. The number of aliphatic hydroxyl groups excluding tert-OH is 1. The maximum Gasteiger partial charge on any atom is 0.136 e. The Morgan fingerprint density at radius 3 is 2.48 bits per heavy atom. The Bertz CT molecular complexity index is 677. The molecule has 2 N–H and O–H groups in total. The average Bonchev–Trinajstić information content (AvgIpc) is 2.80. The number of piperidine rings is 1. The van der Waals surface area contributed by atoms with E-state index in [0.717, 1.165) is 48.8 Å². The number of nitrogens with one attached hydrogen (secondary N) is 1. The van der Waals surface area contributed by atoms with Crippen molar-refractivity contribution in [3.05, 3.63) is 42.2 Å². The van der Waals surface area contributed by atoms with Crippen molar-refractivity contribution in [1.82, 2.24) is 9.97 Å². The van der Waals surface area contributed by atoms with Crippen LogP contribution in [-0.2, 0) is 0 Å². The molecular formula is C18H22N4O. The molecule has 2 fully saturated rings. The molecule has 120 valence electrons. The number of nitrogens with zero attached hydrogens (tertiary/aromatic N) is 3. The number of aliphatic hydroxyl groups is 1. The Morgan fingerprint density at radius 1 is 1.09 bits per heavy atom. The molecule has 2 atom stereocenters. The quantitative estimate of drug-likeness (QED) is 0.912. The van der Waals surface area contributed by atoms with E-state index in [9.17, 15) is 5.11 Å². The van der Waals surface area contributed by atoms with Crippen LogP contribution in [0.3, 0.4) is 0 Å². The fourth-order valence-electron chi connectivity index (χ4n) is 3.94. The third kappa shape index (κ3) is 2.88. The summed E-state index contributed by atoms with van der Waals surface area (Å²) in [6.07, 6.45) is 3.83. The van der Waals surface area contributed by atoms with Gasteiger partial charge in [0.2, 0.25) is 0 Å². The second-order valence-electron chi connectivity index (χ2n) is 6.57. The first-order valence-electron chi connectivity index (χ1n) is 8.33. The summed E-state index contributed by atoms with van der Waals surface area (Å²) >= 11 is 0. The first kappa shape index (κ1) is 14.5. The number of para-hydroxylation sites is 1. The highest BCUT2D eigenvalue weighted by atomic mass is 16.3. The first-order chi connectivity index (χ1) is 11.2. The standard InChI is InChI=1S/C18H22N4O/c1-12-19-17(21-13-5-3-2-4-6-13)11-18(20-12)22-14-7-8-15(22)10-16(23)9-14/h2-6,11,14-16,23H,7-10H2,1H3,(H,19,20,21). The minimum absolute atomic E-state index is 0.159. The summed E-state index contributed by atoms with van der Waals surface area (Å²) in [4.78, 5) is 11.6. The fourth-order valence-corrected chi connectivity index (χ4v) is 3.94. The van der Waals surface area contributed by atoms with E-state index in [4.69, 9.17) is 0 Å². The van der Waals surface area contributed by atoms with E-state index in [1.54, 1.807) is 0 Å². The van der Waals surface area contributed by atoms with Gasteiger partial charge in [0.05, 0.1) is 6.10 Å². The van der Waals surface area contributed by atoms with Gasteiger partial charge in [-0.3, -0.25) is 0 Å². The van der Waals surface area contributed by atoms with Crippen LogP contribution in [0.25, 0.3) is 0 Å². The van der Waals surface area contributed by atoms with Crippen LogP contribution in [0.15, 0.2) is 36.4 Å². The summed E-state index contributed by atoms with van der Waals surface area (Å²) in [5.74, 6) is 2.58. The van der Waals surface area contributed by atoms with Crippen LogP contribution in [0.4, 0.5) is 17.3 Å². The van der Waals surface area contributed by atoms with Gasteiger partial charge in [0.25, 0.3) is 0 Å². The van der Waals surface area contributed by atoms with Gasteiger partial charge in [-0.25, -0.2) is 9.97 Å². The molecular weight excluding hydrogens is 288 g/mol. The van der Waals surface area contributed by atoms with Gasteiger partial charge in [-0.05, 0) is 44.7 Å². The highest BCUT2D eigenvalue weighted by Gasteiger charge is 2.41. The molecule has 3 heterocycles. The number of benzene rings is 1. The Hall–Kier alpha value is -2.14. The van der Waals surface area contributed by atoms with Crippen molar-refractivity contribution in [3.63, 3.8) is 0 Å². The monoisotopic (exact) mass is 310 g/mol. The first-order valence-corrected chi connectivity index (χ1v) is 8.33. The highest BCUT2D eigenvalue weighted by Crippen LogP contribution is 2.39. The topological polar surface area (TPSA) is 61.3 Å². The third-order valence-electron chi connectivity index (χ3n) is 4.84. The molecule has 4 rings (SSSR count). The third-order valence-corrected chi connectivity index (χ3v) is 4.84. The van der Waals surface area contributed by atoms with Crippen molar-refractivity contribution in [1.29, 1.82) is 0 Å². The minimum atomic E-state index is -0.159. The van der Waals surface area contributed by atoms with Crippen molar-refractivity contribution in [3.8, 4) is 0 Å². The Kier molecular flexibility index (Phi) is 3.65. The molecule has 2 saturated heterocycles. The molecule has 1 aromatic carbocycles. The summed E-state index contributed by atoms with van der Waals surface area (Å²) < 4.78 is 0. The molecule has 0 radical (unpaired) electrons. The van der Waals surface area contributed by atoms with Crippen LogP contribution < -0.4 is 10.2 Å². The van der Waals surface area contributed by atoms with Crippen LogP contribution >= 0.6 is 0 Å². The molecule has 2 unspecified atom stereocenters. The number of hydrogen-bond acceptors (Lipinski definition) is 5. The molecule has 2 bridgehead atoms. The lowest BCUT2D eigenvalue weighted by atomic mass is 10.00. The molecule has 5 nitrogen and oxygen atoms in total. The average molecular weight is 310 g/mol. The molecule has 2 aliphatic rings. The number of aryl methyl sites for hydroxylation is 1. The highest BCUT2D eigenvalue weighted by molar-refractivity contribution is 5.60. The second-order valence-corrected chi connectivity index (χ2v) is 6.57. The van der Waals surface area contributed by atoms with Gasteiger partial charge < -0.3 is 15.3 Å². The van der Waals surface area contributed by atoms with Crippen molar-refractivity contribution in [2.45, 2.75) is 50.8 Å². The molecule has 0 aliphatic carbocycles. The van der Waals surface area contributed by atoms with Gasteiger partial charge in [-0.2, -0.15) is 0 Å². The molecule has 1 aromatic heterocycles. The number of rotatable bonds is 3. The number of hydrogen-bond donors (Lipinski definition) is 2. The lowest BCUT2D eigenvalue weighted by Crippen LogP contribution is -2.45. The zero-order chi connectivity index (χ0) is 15.8. The van der Waals surface area contributed by atoms with E-state index in [1.165, 1.54) is 0 Å². The Morgan fingerprint density at radius 2 is 1.78 bits per heavy atom. The van der Waals surface area contributed by atoms with E-state index in [1.807, 2.05) is 43.3 Å². The number of anilines is 3. The molecule has 0 amide bonds. The lowest BCUT2D eigenvalue weighted by molar-refractivity contribution is 0.126. The molecule has 2 aromatic rings. The van der Waals surface area contributed by atoms with Gasteiger partial charge in [-0.15, -0.1) is 0 Å². The fraction of sp³-hybridized carbons (Fsp3) is 0.444. The van der Waals surface area contributed by atoms with Crippen molar-refractivity contribution in [2.75, 3.05) is 10.2 Å². The summed E-state index contributed by atoms with van der Waals surface area (Å²) in [7, 11) is 0. The van der Waals surface area contributed by atoms with Crippen LogP contribution in [-0.4, -0.2) is 33.3 Å². The summed E-state index contributed by atoms with van der Waals surface area (Å²) in [6.45, 7) is 1.93. The summed E-state index contributed by atoms with van der Waals surface area (Å²) in [5, 5.41) is 13.3. The smallest absolute Gasteiger partial charge is 0.136 e. The molecule has 2 aliphatic heterocycles. The van der Waals surface area contributed by atoms with Crippen LogP contribution in [0.1, 0.15) is 31.5 Å². The maximum absolute atomic E-state index is 9.99. The van der Waals surface area contributed by atoms with Gasteiger partial charge in [0, 0.05) is 23.8 Å². The lowest BCUT2D eigenvalue weighted by Gasteiger charge is -2.38. The number of aromatic nitrogens is 2. The van der Waals surface area contributed by atoms with Gasteiger partial charge in [-0.1, -0.05) is 18.2 Å². The van der Waals surface area contributed by atoms with Crippen molar-refractivity contribution in [2.24, 2.45) is 0 Å². The van der Waals surface area contributed by atoms with E-state index in [-0.39, 0.29) is 6.10 Å². The molecule has 5 heteroatoms. The van der Waals surface area contributed by atoms with E-state index in [0.29, 0.717) is 12.1 Å². The predicted molar refractivity (Wildman–Crippen MR) is 91.0 cm³/mol. The SMILES string of the molecule is Cc1nc(Nc2ccccc2)cc(N2C3CCC2CC(O)C3)n1. The number of fused-ring (bicyclic) bond motifs is 2. The van der Waals surface area contributed by atoms with E-state index < -0.39 is 0 Å². The maximum atomic E-state index is 9.99. The zero-order valence-electron chi connectivity index (χ0n) is 13.3. The zero-order valence-corrected chi connectivity index (χ0v) is 13.3. The van der Waals surface area contributed by atoms with Crippen molar-refractivity contribution >= 4 is 17.3 Å². The predicted octanol–water partition coefficient (Wildman–Crippen LogP) is 3.02. The Labute approximate surface area is 136 Å².